The number of hydrogen-bond acceptors (Lipinski definition) is 5. The number of esters is 1. The maximum atomic E-state index is 12.4. The first-order valence-corrected chi connectivity index (χ1v) is 9.69. The molecular weight excluding hydrogens is 354 g/mol. The highest BCUT2D eigenvalue weighted by molar-refractivity contribution is 7.17. The number of likely N-dealkylation sites (N-methyl/N-ethyl adjacent to an activating group) is 2. The zero-order valence-electron chi connectivity index (χ0n) is 15.9. The van der Waals surface area contributed by atoms with E-state index in [0.29, 0.717) is 10.6 Å². The van der Waals surface area contributed by atoms with E-state index in [4.69, 9.17) is 4.74 Å². The Balaban J connectivity index is 2.12. The van der Waals surface area contributed by atoms with Crippen LogP contribution in [0, 0.1) is 0 Å². The highest BCUT2D eigenvalue weighted by Crippen LogP contribution is 2.37. The van der Waals surface area contributed by atoms with Gasteiger partial charge in [0.1, 0.15) is 5.00 Å². The monoisotopic (exact) mass is 382 g/mol. The molecule has 2 rings (SSSR count). The first kappa shape index (κ1) is 20.4. The molecule has 0 radical (unpaired) electrons. The molecule has 0 bridgehead atoms. The van der Waals surface area contributed by atoms with E-state index in [-0.39, 0.29) is 24.9 Å². The smallest absolute Gasteiger partial charge is 0.341 e. The summed E-state index contributed by atoms with van der Waals surface area (Å²) in [5.41, 5.74) is 1.53. The molecule has 1 heterocycles. The topological polar surface area (TPSA) is 80.1 Å². The van der Waals surface area contributed by atoms with Crippen molar-refractivity contribution in [2.45, 2.75) is 32.1 Å². The van der Waals surface area contributed by atoms with Gasteiger partial charge in [0.15, 0.2) is 13.1 Å². The highest BCUT2D eigenvalue weighted by Gasteiger charge is 2.27. The molecule has 1 aliphatic carbocycles. The zero-order valence-corrected chi connectivity index (χ0v) is 16.8. The predicted molar refractivity (Wildman–Crippen MR) is 101 cm³/mol. The summed E-state index contributed by atoms with van der Waals surface area (Å²) >= 11 is 1.48. The van der Waals surface area contributed by atoms with Crippen molar-refractivity contribution in [2.24, 2.45) is 0 Å². The molecule has 2 N–H and O–H groups in total. The fourth-order valence-corrected chi connectivity index (χ4v) is 4.37. The van der Waals surface area contributed by atoms with Crippen molar-refractivity contribution in [3.05, 3.63) is 16.0 Å². The number of carbonyl (C=O) groups excluding carboxylic acids is 3. The molecule has 0 fully saturated rings. The van der Waals surface area contributed by atoms with Gasteiger partial charge < -0.3 is 19.9 Å². The van der Waals surface area contributed by atoms with Gasteiger partial charge >= 0.3 is 5.97 Å². The number of anilines is 1. The molecule has 0 spiro atoms. The number of fused-ring (bicyclic) bond motifs is 1. The molecule has 1 aliphatic rings. The van der Waals surface area contributed by atoms with Gasteiger partial charge in [-0.05, 0) is 31.2 Å². The molecule has 0 aromatic carbocycles. The third-order valence-corrected chi connectivity index (χ3v) is 5.69. The summed E-state index contributed by atoms with van der Waals surface area (Å²) in [6.07, 6.45) is 5.07. The molecule has 0 saturated heterocycles. The standard InChI is InChI=1S/C18H27N3O4S/c1-20(2)15(23)11-21(3)10-14(22)19-17-16(18(24)25-4)12-8-6-5-7-9-13(12)26-17/h5-11H2,1-4H3,(H,19,22)/p+1. The van der Waals surface area contributed by atoms with Crippen molar-refractivity contribution >= 4 is 34.1 Å². The number of thiophene rings is 1. The van der Waals surface area contributed by atoms with Crippen molar-refractivity contribution in [1.82, 2.24) is 4.90 Å². The molecule has 1 aromatic rings. The van der Waals surface area contributed by atoms with Gasteiger partial charge in [0.2, 0.25) is 0 Å². The molecule has 1 unspecified atom stereocenters. The molecule has 26 heavy (non-hydrogen) atoms. The van der Waals surface area contributed by atoms with E-state index in [0.717, 1.165) is 42.6 Å². The second-order valence-corrected chi connectivity index (χ2v) is 8.01. The summed E-state index contributed by atoms with van der Waals surface area (Å²) in [5, 5.41) is 3.44. The van der Waals surface area contributed by atoms with Crippen LogP contribution in [0.2, 0.25) is 0 Å². The van der Waals surface area contributed by atoms with Gasteiger partial charge in [-0.1, -0.05) is 6.42 Å². The van der Waals surface area contributed by atoms with Crippen LogP contribution in [-0.4, -0.2) is 64.0 Å². The van der Waals surface area contributed by atoms with E-state index in [1.807, 2.05) is 0 Å². The summed E-state index contributed by atoms with van der Waals surface area (Å²) in [6, 6.07) is 0. The van der Waals surface area contributed by atoms with Crippen molar-refractivity contribution in [3.63, 3.8) is 0 Å². The molecule has 144 valence electrons. The Morgan fingerprint density at radius 3 is 2.50 bits per heavy atom. The number of ether oxygens (including phenoxy) is 1. The van der Waals surface area contributed by atoms with E-state index in [2.05, 4.69) is 5.32 Å². The van der Waals surface area contributed by atoms with Crippen LogP contribution in [-0.2, 0) is 27.2 Å². The molecule has 1 atom stereocenters. The number of carbonyl (C=O) groups is 3. The molecule has 1 aromatic heterocycles. The van der Waals surface area contributed by atoms with Gasteiger partial charge in [-0.15, -0.1) is 11.3 Å². The fourth-order valence-electron chi connectivity index (χ4n) is 3.07. The van der Waals surface area contributed by atoms with Crippen LogP contribution in [0.5, 0.6) is 0 Å². The van der Waals surface area contributed by atoms with Crippen molar-refractivity contribution in [1.29, 1.82) is 0 Å². The van der Waals surface area contributed by atoms with Gasteiger partial charge in [-0.3, -0.25) is 9.59 Å². The summed E-state index contributed by atoms with van der Waals surface area (Å²) in [5.74, 6) is -0.646. The predicted octanol–water partition coefficient (Wildman–Crippen LogP) is 0.345. The Hall–Kier alpha value is -1.93. The third kappa shape index (κ3) is 5.04. The first-order valence-electron chi connectivity index (χ1n) is 8.87. The fraction of sp³-hybridized carbons (Fsp3) is 0.611. The minimum absolute atomic E-state index is 0.0339. The van der Waals surface area contributed by atoms with Gasteiger partial charge in [0.05, 0.1) is 19.7 Å². The van der Waals surface area contributed by atoms with Gasteiger partial charge in [0, 0.05) is 19.0 Å². The third-order valence-electron chi connectivity index (χ3n) is 4.48. The van der Waals surface area contributed by atoms with Crippen LogP contribution in [0.15, 0.2) is 0 Å². The number of amides is 2. The Labute approximate surface area is 158 Å². The number of methoxy groups -OCH3 is 1. The van der Waals surface area contributed by atoms with Crippen LogP contribution in [0.4, 0.5) is 5.00 Å². The maximum absolute atomic E-state index is 12.4. The van der Waals surface area contributed by atoms with Crippen molar-refractivity contribution in [3.8, 4) is 0 Å². The van der Waals surface area contributed by atoms with Crippen LogP contribution < -0.4 is 10.2 Å². The van der Waals surface area contributed by atoms with Crippen LogP contribution >= 0.6 is 11.3 Å². The summed E-state index contributed by atoms with van der Waals surface area (Å²) in [4.78, 5) is 39.9. The Morgan fingerprint density at radius 1 is 1.15 bits per heavy atom. The summed E-state index contributed by atoms with van der Waals surface area (Å²) < 4.78 is 4.94. The average Bonchev–Trinajstić information content (AvgIpc) is 2.75. The number of aryl methyl sites for hydroxylation is 1. The summed E-state index contributed by atoms with van der Waals surface area (Å²) in [7, 11) is 6.54. The normalized spacial score (nSPS) is 14.8. The van der Waals surface area contributed by atoms with Crippen LogP contribution in [0.1, 0.15) is 40.1 Å². The number of nitrogens with one attached hydrogen (secondary N) is 2. The average molecular weight is 383 g/mol. The number of nitrogens with zero attached hydrogens (tertiary/aromatic N) is 1. The minimum atomic E-state index is -0.400. The quantitative estimate of drug-likeness (QED) is 0.549. The second kappa shape index (κ2) is 9.14. The van der Waals surface area contributed by atoms with E-state index in [1.54, 1.807) is 21.1 Å². The lowest BCUT2D eigenvalue weighted by Gasteiger charge is -2.16. The second-order valence-electron chi connectivity index (χ2n) is 6.91. The summed E-state index contributed by atoms with van der Waals surface area (Å²) in [6.45, 7) is 0.397. The van der Waals surface area contributed by atoms with Crippen molar-refractivity contribution in [2.75, 3.05) is 46.7 Å². The molecule has 0 saturated carbocycles. The maximum Gasteiger partial charge on any atom is 0.341 e. The minimum Gasteiger partial charge on any atom is -0.465 e. The molecular formula is C18H28N3O4S+. The Kier molecular flexibility index (Phi) is 7.16. The molecule has 0 aliphatic heterocycles. The first-order chi connectivity index (χ1) is 12.3. The van der Waals surface area contributed by atoms with E-state index in [1.165, 1.54) is 28.2 Å². The molecule has 2 amide bonds. The van der Waals surface area contributed by atoms with E-state index >= 15 is 0 Å². The van der Waals surface area contributed by atoms with Gasteiger partial charge in [-0.25, -0.2) is 4.79 Å². The molecule has 8 heteroatoms. The number of quaternary nitrogens is 1. The lowest BCUT2D eigenvalue weighted by atomic mass is 10.1. The highest BCUT2D eigenvalue weighted by atomic mass is 32.1. The van der Waals surface area contributed by atoms with Gasteiger partial charge in [0.25, 0.3) is 11.8 Å². The lowest BCUT2D eigenvalue weighted by Crippen LogP contribution is -3.11. The van der Waals surface area contributed by atoms with E-state index in [9.17, 15) is 14.4 Å². The number of rotatable bonds is 6. The Morgan fingerprint density at radius 2 is 1.85 bits per heavy atom. The van der Waals surface area contributed by atoms with Gasteiger partial charge in [-0.2, -0.15) is 0 Å². The van der Waals surface area contributed by atoms with Crippen molar-refractivity contribution < 1.29 is 24.0 Å². The SMILES string of the molecule is COC(=O)c1c(NC(=O)C[NH+](C)CC(=O)N(C)C)sc2c1CCCCC2. The Bertz CT molecular complexity index is 684. The van der Waals surface area contributed by atoms with Crippen LogP contribution in [0.3, 0.4) is 0 Å². The zero-order chi connectivity index (χ0) is 19.3. The largest absolute Gasteiger partial charge is 0.465 e. The lowest BCUT2D eigenvalue weighted by molar-refractivity contribution is -0.862. The van der Waals surface area contributed by atoms with E-state index < -0.39 is 5.97 Å². The molecule has 7 nitrogen and oxygen atoms in total. The number of hydrogen-bond donors (Lipinski definition) is 2. The van der Waals surface area contributed by atoms with Crippen LogP contribution in [0.25, 0.3) is 0 Å².